The summed E-state index contributed by atoms with van der Waals surface area (Å²) in [6.07, 6.45) is 0.947. The van der Waals surface area contributed by atoms with Crippen molar-refractivity contribution in [3.8, 4) is 0 Å². The Kier molecular flexibility index (Phi) is 2.99. The number of hydrogen-bond acceptors (Lipinski definition) is 2. The van der Waals surface area contributed by atoms with E-state index in [2.05, 4.69) is 11.0 Å². The fourth-order valence-electron chi connectivity index (χ4n) is 2.72. The minimum absolute atomic E-state index is 0.0335. The summed E-state index contributed by atoms with van der Waals surface area (Å²) in [5.41, 5.74) is 10.4. The van der Waals surface area contributed by atoms with Crippen molar-refractivity contribution >= 4 is 11.4 Å². The first-order valence-corrected chi connectivity index (χ1v) is 6.57. The number of hydrogen-bond donors (Lipinski definition) is 1. The topological polar surface area (TPSA) is 29.3 Å². The van der Waals surface area contributed by atoms with E-state index in [4.69, 9.17) is 5.73 Å². The lowest BCUT2D eigenvalue weighted by Crippen LogP contribution is -2.18. The highest BCUT2D eigenvalue weighted by Gasteiger charge is 2.23. The zero-order chi connectivity index (χ0) is 13.4. The Bertz CT molecular complexity index is 607. The molecule has 19 heavy (non-hydrogen) atoms. The van der Waals surface area contributed by atoms with Gasteiger partial charge in [-0.1, -0.05) is 24.3 Å². The van der Waals surface area contributed by atoms with Gasteiger partial charge in [-0.25, -0.2) is 4.39 Å². The molecule has 0 saturated carbocycles. The number of benzene rings is 2. The maximum absolute atomic E-state index is 13.5. The molecule has 0 fully saturated rings. The lowest BCUT2D eigenvalue weighted by Gasteiger charge is -2.24. The molecule has 3 heteroatoms. The van der Waals surface area contributed by atoms with Crippen LogP contribution in [0.2, 0.25) is 0 Å². The monoisotopic (exact) mass is 256 g/mol. The molecule has 98 valence electrons. The molecule has 0 amide bonds. The summed E-state index contributed by atoms with van der Waals surface area (Å²) in [4.78, 5) is 2.16. The van der Waals surface area contributed by atoms with Gasteiger partial charge in [0.15, 0.2) is 0 Å². The Hall–Kier alpha value is -1.87. The quantitative estimate of drug-likeness (QED) is 0.890. The third kappa shape index (κ3) is 2.10. The fourth-order valence-corrected chi connectivity index (χ4v) is 2.72. The van der Waals surface area contributed by atoms with Crippen LogP contribution in [-0.4, -0.2) is 6.54 Å². The predicted molar refractivity (Wildman–Crippen MR) is 76.2 cm³/mol. The number of rotatable bonds is 2. The van der Waals surface area contributed by atoms with E-state index in [1.165, 1.54) is 11.6 Å². The minimum Gasteiger partial charge on any atom is -0.341 e. The van der Waals surface area contributed by atoms with Crippen molar-refractivity contribution in [2.45, 2.75) is 19.4 Å². The van der Waals surface area contributed by atoms with Crippen LogP contribution in [0.25, 0.3) is 0 Å². The molecular formula is C16H17FN2. The second-order valence-electron chi connectivity index (χ2n) is 5.02. The average Bonchev–Trinajstić information content (AvgIpc) is 2.81. The van der Waals surface area contributed by atoms with Gasteiger partial charge in [0.05, 0.1) is 0 Å². The molecule has 1 atom stereocenters. The first-order chi connectivity index (χ1) is 9.16. The molecule has 1 aliphatic rings. The predicted octanol–water partition coefficient (Wildman–Crippen LogP) is 3.54. The van der Waals surface area contributed by atoms with Crippen LogP contribution in [0.15, 0.2) is 42.5 Å². The van der Waals surface area contributed by atoms with E-state index >= 15 is 0 Å². The van der Waals surface area contributed by atoms with Crippen molar-refractivity contribution in [3.63, 3.8) is 0 Å². The fraction of sp³-hybridized carbons (Fsp3) is 0.250. The van der Waals surface area contributed by atoms with Crippen LogP contribution in [0.5, 0.6) is 0 Å². The number of para-hydroxylation sites is 1. The zero-order valence-corrected chi connectivity index (χ0v) is 10.9. The van der Waals surface area contributed by atoms with Crippen molar-refractivity contribution in [2.75, 3.05) is 11.4 Å². The van der Waals surface area contributed by atoms with Crippen LogP contribution in [-0.2, 0) is 6.42 Å². The maximum atomic E-state index is 13.5. The Morgan fingerprint density at radius 3 is 2.74 bits per heavy atom. The minimum atomic E-state index is -0.191. The molecule has 0 aliphatic carbocycles. The van der Waals surface area contributed by atoms with Crippen LogP contribution >= 0.6 is 0 Å². The van der Waals surface area contributed by atoms with E-state index in [9.17, 15) is 4.39 Å². The van der Waals surface area contributed by atoms with Gasteiger partial charge in [0, 0.05) is 24.0 Å². The van der Waals surface area contributed by atoms with E-state index < -0.39 is 0 Å². The highest BCUT2D eigenvalue weighted by molar-refractivity contribution is 5.72. The molecule has 1 aliphatic heterocycles. The summed E-state index contributed by atoms with van der Waals surface area (Å²) >= 11 is 0. The number of anilines is 2. The lowest BCUT2D eigenvalue weighted by atomic mass is 10.1. The van der Waals surface area contributed by atoms with Crippen LogP contribution in [0.3, 0.4) is 0 Å². The lowest BCUT2D eigenvalue weighted by molar-refractivity contribution is 0.628. The normalized spacial score (nSPS) is 15.4. The Morgan fingerprint density at radius 2 is 1.95 bits per heavy atom. The van der Waals surface area contributed by atoms with E-state index in [1.54, 1.807) is 6.07 Å². The second-order valence-corrected chi connectivity index (χ2v) is 5.02. The number of fused-ring (bicyclic) bond motifs is 1. The molecule has 1 heterocycles. The van der Waals surface area contributed by atoms with Crippen LogP contribution in [0, 0.1) is 5.82 Å². The van der Waals surface area contributed by atoms with Crippen molar-refractivity contribution in [3.05, 3.63) is 59.4 Å². The van der Waals surface area contributed by atoms with Gasteiger partial charge < -0.3 is 10.6 Å². The summed E-state index contributed by atoms with van der Waals surface area (Å²) in [5.74, 6) is -0.191. The average molecular weight is 256 g/mol. The molecule has 2 aromatic carbocycles. The molecule has 0 bridgehead atoms. The number of nitrogens with zero attached hydrogens (tertiary/aromatic N) is 1. The summed E-state index contributed by atoms with van der Waals surface area (Å²) in [6.45, 7) is 2.85. The van der Waals surface area contributed by atoms with Crippen molar-refractivity contribution in [1.29, 1.82) is 0 Å². The zero-order valence-electron chi connectivity index (χ0n) is 10.9. The van der Waals surface area contributed by atoms with Crippen molar-refractivity contribution < 1.29 is 4.39 Å². The van der Waals surface area contributed by atoms with E-state index in [0.29, 0.717) is 0 Å². The summed E-state index contributed by atoms with van der Waals surface area (Å²) in [5, 5.41) is 0. The van der Waals surface area contributed by atoms with Gasteiger partial charge in [0.25, 0.3) is 0 Å². The van der Waals surface area contributed by atoms with Crippen LogP contribution in [0.4, 0.5) is 15.8 Å². The molecule has 0 unspecified atom stereocenters. The molecule has 0 saturated heterocycles. The van der Waals surface area contributed by atoms with Crippen LogP contribution < -0.4 is 10.6 Å². The second kappa shape index (κ2) is 4.67. The van der Waals surface area contributed by atoms with Gasteiger partial charge in [0.1, 0.15) is 5.82 Å². The highest BCUT2D eigenvalue weighted by Crippen LogP contribution is 2.37. The molecule has 0 radical (unpaired) electrons. The Balaban J connectivity index is 2.09. The number of nitrogens with two attached hydrogens (primary N) is 1. The van der Waals surface area contributed by atoms with Gasteiger partial charge in [-0.05, 0) is 42.7 Å². The Labute approximate surface area is 112 Å². The van der Waals surface area contributed by atoms with Gasteiger partial charge in [0.2, 0.25) is 0 Å². The standard InChI is InChI=1S/C16H17FN2/c1-11(18)14-4-2-3-5-15(14)19-9-8-12-6-7-13(17)10-16(12)19/h2-7,10-11H,8-9,18H2,1H3/t11-/m1/s1. The van der Waals surface area contributed by atoms with Gasteiger partial charge in [-0.2, -0.15) is 0 Å². The maximum Gasteiger partial charge on any atom is 0.125 e. The van der Waals surface area contributed by atoms with Gasteiger partial charge in [-0.3, -0.25) is 0 Å². The Morgan fingerprint density at radius 1 is 1.16 bits per heavy atom. The van der Waals surface area contributed by atoms with E-state index in [-0.39, 0.29) is 11.9 Å². The van der Waals surface area contributed by atoms with E-state index in [0.717, 1.165) is 29.9 Å². The molecular weight excluding hydrogens is 239 g/mol. The molecule has 0 aromatic heterocycles. The summed E-state index contributed by atoms with van der Waals surface area (Å²) < 4.78 is 13.5. The SMILES string of the molecule is C[C@@H](N)c1ccccc1N1CCc2ccc(F)cc21. The summed E-state index contributed by atoms with van der Waals surface area (Å²) in [7, 11) is 0. The third-order valence-corrected chi connectivity index (χ3v) is 3.66. The van der Waals surface area contributed by atoms with Crippen molar-refractivity contribution in [1.82, 2.24) is 0 Å². The van der Waals surface area contributed by atoms with Gasteiger partial charge >= 0.3 is 0 Å². The largest absolute Gasteiger partial charge is 0.341 e. The van der Waals surface area contributed by atoms with Crippen molar-refractivity contribution in [2.24, 2.45) is 5.73 Å². The summed E-state index contributed by atoms with van der Waals surface area (Å²) in [6, 6.07) is 13.1. The molecule has 2 nitrogen and oxygen atoms in total. The molecule has 2 aromatic rings. The first kappa shape index (κ1) is 12.2. The molecule has 2 N–H and O–H groups in total. The highest BCUT2D eigenvalue weighted by atomic mass is 19.1. The van der Waals surface area contributed by atoms with Crippen LogP contribution in [0.1, 0.15) is 24.1 Å². The third-order valence-electron chi connectivity index (χ3n) is 3.66. The first-order valence-electron chi connectivity index (χ1n) is 6.57. The number of halogens is 1. The van der Waals surface area contributed by atoms with Gasteiger partial charge in [-0.15, -0.1) is 0 Å². The van der Waals surface area contributed by atoms with E-state index in [1.807, 2.05) is 31.2 Å². The molecule has 3 rings (SSSR count). The smallest absolute Gasteiger partial charge is 0.125 e. The molecule has 0 spiro atoms.